The van der Waals surface area contributed by atoms with Crippen LogP contribution in [0.5, 0.6) is 0 Å². The minimum Gasteiger partial charge on any atom is -0.480 e. The molecule has 0 aromatic rings. The van der Waals surface area contributed by atoms with Gasteiger partial charge in [0.1, 0.15) is 6.04 Å². The van der Waals surface area contributed by atoms with Crippen LogP contribution in [0.4, 0.5) is 0 Å². The van der Waals surface area contributed by atoms with Gasteiger partial charge in [0.2, 0.25) is 0 Å². The van der Waals surface area contributed by atoms with E-state index in [9.17, 15) is 9.59 Å². The molecule has 0 aliphatic rings. The molecule has 0 bridgehead atoms. The summed E-state index contributed by atoms with van der Waals surface area (Å²) >= 11 is 0. The van der Waals surface area contributed by atoms with Crippen LogP contribution in [0.1, 0.15) is 39.0 Å². The topological polar surface area (TPSA) is 75.6 Å². The molecule has 1 atom stereocenters. The number of rotatable bonds is 9. The van der Waals surface area contributed by atoms with Crippen molar-refractivity contribution in [3.63, 3.8) is 0 Å². The van der Waals surface area contributed by atoms with Crippen LogP contribution in [-0.2, 0) is 14.3 Å². The van der Waals surface area contributed by atoms with Gasteiger partial charge in [-0.3, -0.25) is 9.59 Å². The summed E-state index contributed by atoms with van der Waals surface area (Å²) in [6, 6.07) is -0.678. The Morgan fingerprint density at radius 2 is 2.06 bits per heavy atom. The lowest BCUT2D eigenvalue weighted by atomic mass is 10.1. The van der Waals surface area contributed by atoms with Crippen molar-refractivity contribution < 1.29 is 19.4 Å². The fraction of sp³-hybridized carbons (Fsp3) is 0.818. The number of likely N-dealkylation sites (N-methyl/N-ethyl adjacent to an activating group) is 1. The molecule has 0 amide bonds. The van der Waals surface area contributed by atoms with Crippen LogP contribution in [0, 0.1) is 0 Å². The highest BCUT2D eigenvalue weighted by Crippen LogP contribution is 2.01. The number of hydrogen-bond donors (Lipinski definition) is 2. The number of ether oxygens (including phenoxy) is 1. The van der Waals surface area contributed by atoms with Crippen LogP contribution in [-0.4, -0.2) is 36.7 Å². The molecule has 2 N–H and O–H groups in total. The smallest absolute Gasteiger partial charge is 0.320 e. The number of carbonyl (C=O) groups is 2. The summed E-state index contributed by atoms with van der Waals surface area (Å²) in [7, 11) is 1.56. The van der Waals surface area contributed by atoms with Crippen molar-refractivity contribution in [1.82, 2.24) is 5.32 Å². The molecule has 0 saturated carbocycles. The Labute approximate surface area is 96.2 Å². The minimum atomic E-state index is -0.943. The number of aliphatic carboxylic acids is 1. The Bertz CT molecular complexity index is 218. The van der Waals surface area contributed by atoms with E-state index < -0.39 is 12.0 Å². The lowest BCUT2D eigenvalue weighted by molar-refractivity contribution is -0.144. The first kappa shape index (κ1) is 14.9. The standard InChI is InChI=1S/C11H21NO4/c1-3-4-5-8-16-10(13)7-6-9(12-2)11(14)15/h9,12H,3-8H2,1-2H3,(H,14,15)/t9-/m0/s1. The number of unbranched alkanes of at least 4 members (excludes halogenated alkanes) is 2. The third-order valence-electron chi connectivity index (χ3n) is 2.29. The number of carboxylic acid groups (broad SMARTS) is 1. The lowest BCUT2D eigenvalue weighted by Gasteiger charge is -2.10. The molecular weight excluding hydrogens is 210 g/mol. The zero-order chi connectivity index (χ0) is 12.4. The second-order valence-corrected chi connectivity index (χ2v) is 3.65. The molecule has 94 valence electrons. The highest BCUT2D eigenvalue weighted by Gasteiger charge is 2.16. The third kappa shape index (κ3) is 7.23. The molecule has 0 aliphatic carbocycles. The summed E-state index contributed by atoms with van der Waals surface area (Å²) < 4.78 is 4.96. The van der Waals surface area contributed by atoms with E-state index in [-0.39, 0.29) is 18.8 Å². The molecule has 0 spiro atoms. The largest absolute Gasteiger partial charge is 0.480 e. The number of carbonyl (C=O) groups excluding carboxylic acids is 1. The number of esters is 1. The fourth-order valence-corrected chi connectivity index (χ4v) is 1.26. The summed E-state index contributed by atoms with van der Waals surface area (Å²) in [6.45, 7) is 2.51. The van der Waals surface area contributed by atoms with E-state index in [1.54, 1.807) is 7.05 Å². The first-order chi connectivity index (χ1) is 7.61. The van der Waals surface area contributed by atoms with Crippen molar-refractivity contribution in [2.24, 2.45) is 0 Å². The summed E-state index contributed by atoms with van der Waals surface area (Å²) in [5, 5.41) is 11.3. The van der Waals surface area contributed by atoms with Gasteiger partial charge in [-0.15, -0.1) is 0 Å². The maximum Gasteiger partial charge on any atom is 0.320 e. The van der Waals surface area contributed by atoms with Gasteiger partial charge in [0.15, 0.2) is 0 Å². The number of nitrogens with one attached hydrogen (secondary N) is 1. The zero-order valence-corrected chi connectivity index (χ0v) is 9.99. The molecule has 5 heteroatoms. The van der Waals surface area contributed by atoms with Crippen molar-refractivity contribution in [3.05, 3.63) is 0 Å². The van der Waals surface area contributed by atoms with E-state index in [4.69, 9.17) is 9.84 Å². The average Bonchev–Trinajstić information content (AvgIpc) is 2.25. The Kier molecular flexibility index (Phi) is 8.52. The SMILES string of the molecule is CCCCCOC(=O)CC[C@H](NC)C(=O)O. The monoisotopic (exact) mass is 231 g/mol. The van der Waals surface area contributed by atoms with Gasteiger partial charge in [-0.05, 0) is 19.9 Å². The van der Waals surface area contributed by atoms with Gasteiger partial charge >= 0.3 is 11.9 Å². The number of carboxylic acids is 1. The van der Waals surface area contributed by atoms with E-state index in [1.807, 2.05) is 0 Å². The van der Waals surface area contributed by atoms with Gasteiger partial charge in [-0.2, -0.15) is 0 Å². The molecule has 0 heterocycles. The van der Waals surface area contributed by atoms with E-state index >= 15 is 0 Å². The molecule has 0 aliphatic heterocycles. The second-order valence-electron chi connectivity index (χ2n) is 3.65. The molecule has 0 rings (SSSR count). The molecule has 0 fully saturated rings. The van der Waals surface area contributed by atoms with Crippen molar-refractivity contribution in [2.75, 3.05) is 13.7 Å². The van der Waals surface area contributed by atoms with Gasteiger partial charge in [0, 0.05) is 6.42 Å². The van der Waals surface area contributed by atoms with Crippen molar-refractivity contribution in [2.45, 2.75) is 45.1 Å². The molecule has 0 aromatic heterocycles. The number of hydrogen-bond acceptors (Lipinski definition) is 4. The van der Waals surface area contributed by atoms with Crippen molar-refractivity contribution >= 4 is 11.9 Å². The lowest BCUT2D eigenvalue weighted by Crippen LogP contribution is -2.34. The quantitative estimate of drug-likeness (QED) is 0.460. The average molecular weight is 231 g/mol. The van der Waals surface area contributed by atoms with Crippen LogP contribution in [0.15, 0.2) is 0 Å². The van der Waals surface area contributed by atoms with Gasteiger partial charge in [-0.1, -0.05) is 19.8 Å². The van der Waals surface area contributed by atoms with Crippen molar-refractivity contribution in [1.29, 1.82) is 0 Å². The first-order valence-corrected chi connectivity index (χ1v) is 5.67. The predicted molar refractivity (Wildman–Crippen MR) is 60.2 cm³/mol. The van der Waals surface area contributed by atoms with Crippen LogP contribution in [0.2, 0.25) is 0 Å². The molecular formula is C11H21NO4. The maximum absolute atomic E-state index is 11.2. The van der Waals surface area contributed by atoms with Crippen LogP contribution in [0.25, 0.3) is 0 Å². The van der Waals surface area contributed by atoms with Crippen LogP contribution < -0.4 is 5.32 Å². The molecule has 0 saturated heterocycles. The summed E-state index contributed by atoms with van der Waals surface area (Å²) in [4.78, 5) is 21.8. The maximum atomic E-state index is 11.2. The van der Waals surface area contributed by atoms with E-state index in [1.165, 1.54) is 0 Å². The zero-order valence-electron chi connectivity index (χ0n) is 9.99. The minimum absolute atomic E-state index is 0.143. The molecule has 0 unspecified atom stereocenters. The highest BCUT2D eigenvalue weighted by atomic mass is 16.5. The molecule has 0 aromatic carbocycles. The fourth-order valence-electron chi connectivity index (χ4n) is 1.26. The van der Waals surface area contributed by atoms with Crippen molar-refractivity contribution in [3.8, 4) is 0 Å². The normalized spacial score (nSPS) is 12.1. The Hall–Kier alpha value is -1.10. The summed E-state index contributed by atoms with van der Waals surface area (Å²) in [5.74, 6) is -1.26. The summed E-state index contributed by atoms with van der Waals surface area (Å²) in [6.07, 6.45) is 3.40. The van der Waals surface area contributed by atoms with Crippen LogP contribution in [0.3, 0.4) is 0 Å². The third-order valence-corrected chi connectivity index (χ3v) is 2.29. The van der Waals surface area contributed by atoms with Gasteiger partial charge in [0.25, 0.3) is 0 Å². The summed E-state index contributed by atoms with van der Waals surface area (Å²) in [5.41, 5.74) is 0. The highest BCUT2D eigenvalue weighted by molar-refractivity contribution is 5.75. The Morgan fingerprint density at radius 1 is 1.38 bits per heavy atom. The van der Waals surface area contributed by atoms with Gasteiger partial charge in [-0.25, -0.2) is 0 Å². The Morgan fingerprint density at radius 3 is 2.56 bits per heavy atom. The van der Waals surface area contributed by atoms with Crippen LogP contribution >= 0.6 is 0 Å². The van der Waals surface area contributed by atoms with E-state index in [2.05, 4.69) is 12.2 Å². The second kappa shape index (κ2) is 9.15. The molecule has 16 heavy (non-hydrogen) atoms. The van der Waals surface area contributed by atoms with E-state index in [0.717, 1.165) is 19.3 Å². The van der Waals surface area contributed by atoms with Gasteiger partial charge < -0.3 is 15.2 Å². The van der Waals surface area contributed by atoms with E-state index in [0.29, 0.717) is 6.61 Å². The molecule has 0 radical (unpaired) electrons. The Balaban J connectivity index is 3.59. The molecule has 5 nitrogen and oxygen atoms in total. The van der Waals surface area contributed by atoms with Gasteiger partial charge in [0.05, 0.1) is 6.61 Å². The predicted octanol–water partition coefficient (Wildman–Crippen LogP) is 1.17. The first-order valence-electron chi connectivity index (χ1n) is 5.67.